The Labute approximate surface area is 202 Å². The molecule has 1 amide bonds. The van der Waals surface area contributed by atoms with Gasteiger partial charge in [-0.05, 0) is 54.8 Å². The minimum absolute atomic E-state index is 0.0168. The summed E-state index contributed by atoms with van der Waals surface area (Å²) in [7, 11) is 1.93. The van der Waals surface area contributed by atoms with Crippen molar-refractivity contribution in [2.24, 2.45) is 12.8 Å². The van der Waals surface area contributed by atoms with E-state index >= 15 is 0 Å². The SMILES string of the molecule is Cn1ncc2cc(-c3cc4nccc(-c5cccc(C(=O)N[C@@H]6CCCC[C@@H]6N)c5)c4o3)ccc21. The van der Waals surface area contributed by atoms with Gasteiger partial charge in [0.25, 0.3) is 5.91 Å². The maximum Gasteiger partial charge on any atom is 0.251 e. The van der Waals surface area contributed by atoms with E-state index in [-0.39, 0.29) is 18.0 Å². The molecule has 35 heavy (non-hydrogen) atoms. The number of rotatable bonds is 4. The van der Waals surface area contributed by atoms with Gasteiger partial charge in [0, 0.05) is 53.5 Å². The van der Waals surface area contributed by atoms with Gasteiger partial charge in [-0.2, -0.15) is 5.10 Å². The Hall–Kier alpha value is -3.97. The molecule has 0 saturated heterocycles. The lowest BCUT2D eigenvalue weighted by molar-refractivity contribution is 0.0921. The van der Waals surface area contributed by atoms with Crippen LogP contribution in [0.25, 0.3) is 44.5 Å². The van der Waals surface area contributed by atoms with Gasteiger partial charge < -0.3 is 15.5 Å². The van der Waals surface area contributed by atoms with Crippen molar-refractivity contribution in [1.82, 2.24) is 20.1 Å². The predicted molar refractivity (Wildman–Crippen MR) is 137 cm³/mol. The largest absolute Gasteiger partial charge is 0.454 e. The van der Waals surface area contributed by atoms with E-state index in [1.807, 2.05) is 66.5 Å². The number of benzene rings is 2. The predicted octanol–water partition coefficient (Wildman–Crippen LogP) is 5.05. The van der Waals surface area contributed by atoms with E-state index in [9.17, 15) is 4.79 Å². The molecule has 1 aliphatic carbocycles. The zero-order valence-corrected chi connectivity index (χ0v) is 19.6. The Kier molecular flexibility index (Phi) is 5.34. The molecule has 3 aromatic heterocycles. The van der Waals surface area contributed by atoms with Crippen molar-refractivity contribution < 1.29 is 9.21 Å². The fourth-order valence-electron chi connectivity index (χ4n) is 5.04. The summed E-state index contributed by atoms with van der Waals surface area (Å²) in [5.74, 6) is 0.648. The van der Waals surface area contributed by atoms with Crippen molar-refractivity contribution in [3.05, 3.63) is 72.6 Å². The van der Waals surface area contributed by atoms with E-state index in [4.69, 9.17) is 10.2 Å². The molecular formula is C28H27N5O2. The molecule has 2 atom stereocenters. The van der Waals surface area contributed by atoms with Gasteiger partial charge in [0.15, 0.2) is 5.58 Å². The average molecular weight is 466 g/mol. The minimum Gasteiger partial charge on any atom is -0.454 e. The first kappa shape index (κ1) is 21.6. The molecule has 3 heterocycles. The number of carbonyl (C=O) groups is 1. The highest BCUT2D eigenvalue weighted by Gasteiger charge is 2.24. The van der Waals surface area contributed by atoms with Crippen molar-refractivity contribution in [2.75, 3.05) is 0 Å². The van der Waals surface area contributed by atoms with Gasteiger partial charge in [-0.1, -0.05) is 25.0 Å². The van der Waals surface area contributed by atoms with Crippen LogP contribution in [-0.2, 0) is 7.05 Å². The van der Waals surface area contributed by atoms with Crippen LogP contribution in [0.5, 0.6) is 0 Å². The first-order valence-corrected chi connectivity index (χ1v) is 12.0. The zero-order chi connectivity index (χ0) is 23.9. The molecule has 6 rings (SSSR count). The normalized spacial score (nSPS) is 18.2. The highest BCUT2D eigenvalue weighted by molar-refractivity contribution is 5.98. The fourth-order valence-corrected chi connectivity index (χ4v) is 5.04. The van der Waals surface area contributed by atoms with Crippen LogP contribution in [0.3, 0.4) is 0 Å². The van der Waals surface area contributed by atoms with Crippen molar-refractivity contribution in [1.29, 1.82) is 0 Å². The van der Waals surface area contributed by atoms with Crippen molar-refractivity contribution in [3.8, 4) is 22.5 Å². The number of nitrogens with two attached hydrogens (primary N) is 1. The highest BCUT2D eigenvalue weighted by atomic mass is 16.3. The van der Waals surface area contributed by atoms with Crippen LogP contribution >= 0.6 is 0 Å². The smallest absolute Gasteiger partial charge is 0.251 e. The lowest BCUT2D eigenvalue weighted by atomic mass is 9.91. The topological polar surface area (TPSA) is 99.0 Å². The van der Waals surface area contributed by atoms with Gasteiger partial charge in [0.2, 0.25) is 0 Å². The second kappa shape index (κ2) is 8.67. The van der Waals surface area contributed by atoms with Crippen LogP contribution in [-0.4, -0.2) is 32.8 Å². The van der Waals surface area contributed by atoms with Crippen molar-refractivity contribution in [2.45, 2.75) is 37.8 Å². The molecular weight excluding hydrogens is 438 g/mol. The molecule has 5 aromatic rings. The summed E-state index contributed by atoms with van der Waals surface area (Å²) >= 11 is 0. The van der Waals surface area contributed by atoms with Crippen LogP contribution in [0, 0.1) is 0 Å². The molecule has 0 radical (unpaired) electrons. The third-order valence-corrected chi connectivity index (χ3v) is 7.01. The number of carbonyl (C=O) groups excluding carboxylic acids is 1. The van der Waals surface area contributed by atoms with Crippen LogP contribution in [0.15, 0.2) is 71.4 Å². The van der Waals surface area contributed by atoms with E-state index in [2.05, 4.69) is 21.5 Å². The molecule has 1 aliphatic rings. The number of furan rings is 1. The zero-order valence-electron chi connectivity index (χ0n) is 19.6. The quantitative estimate of drug-likeness (QED) is 0.387. The maximum absolute atomic E-state index is 13.0. The number of aromatic nitrogens is 3. The summed E-state index contributed by atoms with van der Waals surface area (Å²) in [5.41, 5.74) is 12.1. The third-order valence-electron chi connectivity index (χ3n) is 7.01. The Balaban J connectivity index is 1.33. The number of hydrogen-bond acceptors (Lipinski definition) is 5. The Morgan fingerprint density at radius 1 is 1.09 bits per heavy atom. The molecule has 3 N–H and O–H groups in total. The number of nitrogens with zero attached hydrogens (tertiary/aromatic N) is 3. The Bertz CT molecular complexity index is 1550. The average Bonchev–Trinajstić information content (AvgIpc) is 3.49. The number of fused-ring (bicyclic) bond motifs is 2. The Morgan fingerprint density at radius 2 is 1.97 bits per heavy atom. The molecule has 0 spiro atoms. The van der Waals surface area contributed by atoms with Crippen LogP contribution in [0.1, 0.15) is 36.0 Å². The van der Waals surface area contributed by atoms with Gasteiger partial charge in [0.1, 0.15) is 11.3 Å². The molecule has 1 saturated carbocycles. The van der Waals surface area contributed by atoms with Crippen LogP contribution in [0.2, 0.25) is 0 Å². The van der Waals surface area contributed by atoms with Gasteiger partial charge in [0.05, 0.1) is 11.7 Å². The lowest BCUT2D eigenvalue weighted by Gasteiger charge is -2.29. The number of nitrogens with one attached hydrogen (secondary N) is 1. The minimum atomic E-state index is -0.0931. The molecule has 0 aliphatic heterocycles. The van der Waals surface area contributed by atoms with E-state index in [1.165, 1.54) is 0 Å². The molecule has 2 aromatic carbocycles. The number of hydrogen-bond donors (Lipinski definition) is 2. The number of amides is 1. The van der Waals surface area contributed by atoms with Gasteiger partial charge in [-0.15, -0.1) is 0 Å². The molecule has 176 valence electrons. The molecule has 7 nitrogen and oxygen atoms in total. The first-order chi connectivity index (χ1) is 17.1. The molecule has 0 bridgehead atoms. The summed E-state index contributed by atoms with van der Waals surface area (Å²) in [6, 6.07) is 17.7. The molecule has 0 unspecified atom stereocenters. The van der Waals surface area contributed by atoms with E-state index in [0.29, 0.717) is 11.1 Å². The van der Waals surface area contributed by atoms with Gasteiger partial charge in [-0.25, -0.2) is 0 Å². The standard InChI is InChI=1S/C28H27N5O2/c1-33-25-10-9-18(14-20(25)16-31-33)26-15-24-27(35-26)21(11-12-30-24)17-5-4-6-19(13-17)28(34)32-23-8-3-2-7-22(23)29/h4-6,9-16,22-23H,2-3,7-8,29H2,1H3,(H,32,34)/t22-,23+/m0/s1. The molecule has 1 fully saturated rings. The van der Waals surface area contributed by atoms with Crippen molar-refractivity contribution in [3.63, 3.8) is 0 Å². The second-order valence-electron chi connectivity index (χ2n) is 9.33. The summed E-state index contributed by atoms with van der Waals surface area (Å²) in [4.78, 5) is 17.5. The molecule has 7 heteroatoms. The summed E-state index contributed by atoms with van der Waals surface area (Å²) in [6.07, 6.45) is 7.73. The lowest BCUT2D eigenvalue weighted by Crippen LogP contribution is -2.49. The Morgan fingerprint density at radius 3 is 2.86 bits per heavy atom. The van der Waals surface area contributed by atoms with Gasteiger partial charge in [-0.3, -0.25) is 14.5 Å². The second-order valence-corrected chi connectivity index (χ2v) is 9.33. The monoisotopic (exact) mass is 465 g/mol. The summed E-state index contributed by atoms with van der Waals surface area (Å²) < 4.78 is 8.17. The maximum atomic E-state index is 13.0. The number of aryl methyl sites for hydroxylation is 1. The van der Waals surface area contributed by atoms with Crippen LogP contribution < -0.4 is 11.1 Å². The highest BCUT2D eigenvalue weighted by Crippen LogP contribution is 2.34. The summed E-state index contributed by atoms with van der Waals surface area (Å²) in [6.45, 7) is 0. The number of pyridine rings is 1. The fraction of sp³-hybridized carbons (Fsp3) is 0.250. The third kappa shape index (κ3) is 3.98. The summed E-state index contributed by atoms with van der Waals surface area (Å²) in [5, 5.41) is 8.51. The van der Waals surface area contributed by atoms with E-state index < -0.39 is 0 Å². The van der Waals surface area contributed by atoms with Gasteiger partial charge >= 0.3 is 0 Å². The van der Waals surface area contributed by atoms with E-state index in [1.54, 1.807) is 6.20 Å². The van der Waals surface area contributed by atoms with E-state index in [0.717, 1.165) is 64.6 Å². The van der Waals surface area contributed by atoms with Crippen molar-refractivity contribution >= 4 is 27.9 Å². The first-order valence-electron chi connectivity index (χ1n) is 12.0. The van der Waals surface area contributed by atoms with Crippen LogP contribution in [0.4, 0.5) is 0 Å².